The first kappa shape index (κ1) is 16.3. The van der Waals surface area contributed by atoms with Gasteiger partial charge in [-0.25, -0.2) is 4.98 Å². The van der Waals surface area contributed by atoms with Crippen LogP contribution in [0.15, 0.2) is 18.3 Å². The fourth-order valence-electron chi connectivity index (χ4n) is 3.70. The molecule has 1 aliphatic heterocycles. The summed E-state index contributed by atoms with van der Waals surface area (Å²) in [5.41, 5.74) is 2.32. The number of carboxylic acid groups (broad SMARTS) is 1. The number of nitrogens with zero attached hydrogens (tertiary/aromatic N) is 3. The summed E-state index contributed by atoms with van der Waals surface area (Å²) >= 11 is 6.12. The molecule has 0 aliphatic carbocycles. The maximum atomic E-state index is 11.2. The summed E-state index contributed by atoms with van der Waals surface area (Å²) in [7, 11) is 0. The average Bonchev–Trinajstić information content (AvgIpc) is 2.74. The molecule has 3 heterocycles. The number of fused-ring (bicyclic) bond motifs is 1. The van der Waals surface area contributed by atoms with Gasteiger partial charge in [0.2, 0.25) is 0 Å². The predicted molar refractivity (Wildman–Crippen MR) is 89.8 cm³/mol. The molecule has 2 unspecified atom stereocenters. The first-order valence-corrected chi connectivity index (χ1v) is 8.39. The Kier molecular flexibility index (Phi) is 4.60. The van der Waals surface area contributed by atoms with Gasteiger partial charge < -0.3 is 9.51 Å². The molecule has 1 saturated heterocycles. The topological polar surface area (TPSA) is 57.8 Å². The molecule has 3 rings (SSSR count). The number of pyridine rings is 1. The first-order chi connectivity index (χ1) is 10.9. The van der Waals surface area contributed by atoms with Crippen LogP contribution in [0.4, 0.5) is 0 Å². The molecule has 0 saturated carbocycles. The number of rotatable bonds is 4. The van der Waals surface area contributed by atoms with Gasteiger partial charge in [-0.15, -0.1) is 0 Å². The van der Waals surface area contributed by atoms with Gasteiger partial charge in [-0.1, -0.05) is 25.4 Å². The number of imidazole rings is 1. The molecule has 124 valence electrons. The summed E-state index contributed by atoms with van der Waals surface area (Å²) in [6.45, 7) is 7.31. The lowest BCUT2D eigenvalue weighted by Gasteiger charge is -2.34. The van der Waals surface area contributed by atoms with Crippen molar-refractivity contribution in [1.82, 2.24) is 14.3 Å². The van der Waals surface area contributed by atoms with E-state index in [4.69, 9.17) is 11.6 Å². The summed E-state index contributed by atoms with van der Waals surface area (Å²) in [4.78, 5) is 18.1. The molecule has 23 heavy (non-hydrogen) atoms. The van der Waals surface area contributed by atoms with Crippen molar-refractivity contribution in [3.8, 4) is 0 Å². The number of halogens is 1. The second-order valence-corrected chi connectivity index (χ2v) is 7.23. The molecule has 6 heteroatoms. The van der Waals surface area contributed by atoms with Crippen LogP contribution in [0.5, 0.6) is 0 Å². The van der Waals surface area contributed by atoms with Crippen molar-refractivity contribution in [2.24, 2.45) is 11.8 Å². The molecular formula is C17H22ClN3O2. The van der Waals surface area contributed by atoms with Crippen LogP contribution in [0.3, 0.4) is 0 Å². The third-order valence-corrected chi connectivity index (χ3v) is 4.62. The number of carbonyl (C=O) groups is 1. The van der Waals surface area contributed by atoms with Crippen molar-refractivity contribution in [3.05, 3.63) is 34.7 Å². The monoisotopic (exact) mass is 335 g/mol. The van der Waals surface area contributed by atoms with Crippen molar-refractivity contribution in [2.45, 2.75) is 33.2 Å². The van der Waals surface area contributed by atoms with Gasteiger partial charge in [0, 0.05) is 25.8 Å². The first-order valence-electron chi connectivity index (χ1n) is 8.02. The smallest absolute Gasteiger partial charge is 0.309 e. The summed E-state index contributed by atoms with van der Waals surface area (Å²) in [5.74, 6) is 0.454. The van der Waals surface area contributed by atoms with E-state index in [1.807, 2.05) is 16.7 Å². The van der Waals surface area contributed by atoms with E-state index in [0.29, 0.717) is 29.1 Å². The number of piperidine rings is 1. The van der Waals surface area contributed by atoms with E-state index >= 15 is 0 Å². The number of hydrogen-bond acceptors (Lipinski definition) is 3. The molecule has 1 N–H and O–H groups in total. The molecular weight excluding hydrogens is 314 g/mol. The van der Waals surface area contributed by atoms with Crippen LogP contribution in [-0.2, 0) is 17.8 Å². The van der Waals surface area contributed by atoms with Gasteiger partial charge in [-0.2, -0.15) is 0 Å². The van der Waals surface area contributed by atoms with E-state index in [2.05, 4.69) is 23.7 Å². The van der Waals surface area contributed by atoms with Crippen LogP contribution >= 0.6 is 11.6 Å². The van der Waals surface area contributed by atoms with Crippen molar-refractivity contribution in [2.75, 3.05) is 13.1 Å². The number of aliphatic carboxylic acids is 1. The molecule has 0 spiro atoms. The third kappa shape index (κ3) is 3.67. The summed E-state index contributed by atoms with van der Waals surface area (Å²) < 4.78 is 1.94. The second kappa shape index (κ2) is 6.49. The van der Waals surface area contributed by atoms with Gasteiger partial charge in [0.25, 0.3) is 0 Å². The Balaban J connectivity index is 1.96. The van der Waals surface area contributed by atoms with Gasteiger partial charge in [0.1, 0.15) is 5.65 Å². The summed E-state index contributed by atoms with van der Waals surface area (Å²) in [5, 5.41) is 9.80. The largest absolute Gasteiger partial charge is 0.481 e. The number of aromatic nitrogens is 2. The molecule has 0 amide bonds. The highest BCUT2D eigenvalue weighted by Gasteiger charge is 2.24. The van der Waals surface area contributed by atoms with Gasteiger partial charge >= 0.3 is 5.97 Å². The van der Waals surface area contributed by atoms with Crippen LogP contribution in [0, 0.1) is 11.8 Å². The van der Waals surface area contributed by atoms with Crippen molar-refractivity contribution in [1.29, 1.82) is 0 Å². The lowest BCUT2D eigenvalue weighted by molar-refractivity contribution is -0.136. The Bertz CT molecular complexity index is 718. The van der Waals surface area contributed by atoms with E-state index in [9.17, 15) is 9.90 Å². The maximum Gasteiger partial charge on any atom is 0.309 e. The van der Waals surface area contributed by atoms with Gasteiger partial charge in [-0.3, -0.25) is 9.69 Å². The normalized spacial score (nSPS) is 22.6. The minimum atomic E-state index is -0.860. The molecule has 1 aliphatic rings. The Morgan fingerprint density at radius 3 is 2.70 bits per heavy atom. The molecule has 0 aromatic carbocycles. The summed E-state index contributed by atoms with van der Waals surface area (Å²) in [6.07, 6.45) is 3.01. The highest BCUT2D eigenvalue weighted by atomic mass is 35.5. The van der Waals surface area contributed by atoms with E-state index < -0.39 is 5.97 Å². The van der Waals surface area contributed by atoms with E-state index in [0.717, 1.165) is 24.4 Å². The van der Waals surface area contributed by atoms with Crippen molar-refractivity contribution < 1.29 is 9.90 Å². The maximum absolute atomic E-state index is 11.2. The highest BCUT2D eigenvalue weighted by molar-refractivity contribution is 6.30. The molecule has 0 bridgehead atoms. The Morgan fingerprint density at radius 2 is 2.04 bits per heavy atom. The third-order valence-electron chi connectivity index (χ3n) is 4.40. The fourth-order valence-corrected chi connectivity index (χ4v) is 3.86. The molecule has 0 radical (unpaired) electrons. The summed E-state index contributed by atoms with van der Waals surface area (Å²) in [6, 6.07) is 3.61. The lowest BCUT2D eigenvalue weighted by atomic mass is 9.92. The Hall–Kier alpha value is -1.59. The van der Waals surface area contributed by atoms with E-state index in [-0.39, 0.29) is 6.42 Å². The van der Waals surface area contributed by atoms with Gasteiger partial charge in [0.15, 0.2) is 0 Å². The van der Waals surface area contributed by atoms with Crippen LogP contribution in [0.25, 0.3) is 5.65 Å². The minimum absolute atomic E-state index is 0.0619. The fraction of sp³-hybridized carbons (Fsp3) is 0.529. The Labute approximate surface area is 140 Å². The minimum Gasteiger partial charge on any atom is -0.481 e. The molecule has 2 aromatic rings. The van der Waals surface area contributed by atoms with Crippen LogP contribution in [-0.4, -0.2) is 38.4 Å². The van der Waals surface area contributed by atoms with E-state index in [1.165, 1.54) is 6.42 Å². The molecule has 5 nitrogen and oxygen atoms in total. The highest BCUT2D eigenvalue weighted by Crippen LogP contribution is 2.25. The molecule has 2 atom stereocenters. The molecule has 2 aromatic heterocycles. The van der Waals surface area contributed by atoms with Crippen molar-refractivity contribution >= 4 is 23.2 Å². The standard InChI is InChI=1S/C17H22ClN3O2/c1-11-5-12(2)8-20(7-11)10-15-14(6-17(22)23)19-16-4-3-13(18)9-21(15)16/h3-4,9,11-12H,5-8,10H2,1-2H3,(H,22,23). The van der Waals surface area contributed by atoms with Crippen LogP contribution < -0.4 is 0 Å². The second-order valence-electron chi connectivity index (χ2n) is 6.79. The number of hydrogen-bond donors (Lipinski definition) is 1. The number of likely N-dealkylation sites (tertiary alicyclic amines) is 1. The van der Waals surface area contributed by atoms with Gasteiger partial charge in [-0.05, 0) is 30.4 Å². The van der Waals surface area contributed by atoms with Crippen LogP contribution in [0.1, 0.15) is 31.7 Å². The van der Waals surface area contributed by atoms with E-state index in [1.54, 1.807) is 6.07 Å². The SMILES string of the molecule is CC1CC(C)CN(Cc2c(CC(=O)O)nc3ccc(Cl)cn23)C1. The quantitative estimate of drug-likeness (QED) is 0.932. The molecule has 1 fully saturated rings. The lowest BCUT2D eigenvalue weighted by Crippen LogP contribution is -2.38. The zero-order chi connectivity index (χ0) is 16.6. The average molecular weight is 336 g/mol. The van der Waals surface area contributed by atoms with Gasteiger partial charge in [0.05, 0.1) is 22.8 Å². The zero-order valence-electron chi connectivity index (χ0n) is 13.5. The predicted octanol–water partition coefficient (Wildman–Crippen LogP) is 3.09. The number of carboxylic acids is 1. The van der Waals surface area contributed by atoms with Crippen LogP contribution in [0.2, 0.25) is 5.02 Å². The zero-order valence-corrected chi connectivity index (χ0v) is 14.3. The van der Waals surface area contributed by atoms with Crippen molar-refractivity contribution in [3.63, 3.8) is 0 Å². The Morgan fingerprint density at radius 1 is 1.35 bits per heavy atom.